The Bertz CT molecular complexity index is 399. The van der Waals surface area contributed by atoms with Crippen molar-refractivity contribution >= 4 is 17.6 Å². The van der Waals surface area contributed by atoms with Crippen molar-refractivity contribution in [3.05, 3.63) is 34.3 Å². The van der Waals surface area contributed by atoms with Gasteiger partial charge in [-0.3, -0.25) is 0 Å². The summed E-state index contributed by atoms with van der Waals surface area (Å²) in [6.45, 7) is 3.81. The van der Waals surface area contributed by atoms with E-state index in [0.29, 0.717) is 10.6 Å². The van der Waals surface area contributed by atoms with Crippen molar-refractivity contribution < 1.29 is 14.6 Å². The molecule has 0 bridgehead atoms. The van der Waals surface area contributed by atoms with E-state index >= 15 is 0 Å². The van der Waals surface area contributed by atoms with E-state index in [1.54, 1.807) is 18.2 Å². The lowest BCUT2D eigenvalue weighted by atomic mass is 9.85. The molecule has 0 radical (unpaired) electrons. The zero-order valence-corrected chi connectivity index (χ0v) is 10.3. The summed E-state index contributed by atoms with van der Waals surface area (Å²) in [5, 5.41) is 9.57. The van der Waals surface area contributed by atoms with Crippen LogP contribution in [0.5, 0.6) is 0 Å². The van der Waals surface area contributed by atoms with E-state index in [1.165, 1.54) is 7.11 Å². The Morgan fingerprint density at radius 3 is 2.56 bits per heavy atom. The molecule has 0 unspecified atom stereocenters. The van der Waals surface area contributed by atoms with Crippen LogP contribution in [0.1, 0.15) is 29.8 Å². The largest absolute Gasteiger partial charge is 0.465 e. The van der Waals surface area contributed by atoms with Crippen LogP contribution in [0, 0.1) is 0 Å². The van der Waals surface area contributed by atoms with Gasteiger partial charge in [-0.25, -0.2) is 4.79 Å². The molecule has 0 atom stereocenters. The third-order valence-electron chi connectivity index (χ3n) is 2.55. The van der Waals surface area contributed by atoms with Crippen molar-refractivity contribution in [2.45, 2.75) is 19.3 Å². The summed E-state index contributed by atoms with van der Waals surface area (Å²) in [6.07, 6.45) is 0. The van der Waals surface area contributed by atoms with Crippen LogP contribution in [0.3, 0.4) is 0 Å². The first kappa shape index (κ1) is 13.0. The van der Waals surface area contributed by atoms with Crippen molar-refractivity contribution in [2.24, 2.45) is 0 Å². The van der Waals surface area contributed by atoms with Crippen molar-refractivity contribution in [2.75, 3.05) is 13.7 Å². The number of hydrogen-bond donors (Lipinski definition) is 1. The number of esters is 1. The second-order valence-electron chi connectivity index (χ2n) is 4.23. The zero-order chi connectivity index (χ0) is 12.3. The van der Waals surface area contributed by atoms with Crippen LogP contribution in [-0.4, -0.2) is 24.8 Å². The highest BCUT2D eigenvalue weighted by Gasteiger charge is 2.21. The molecule has 0 saturated heterocycles. The number of methoxy groups -OCH3 is 1. The van der Waals surface area contributed by atoms with Crippen LogP contribution in [0.15, 0.2) is 18.2 Å². The van der Waals surface area contributed by atoms with Gasteiger partial charge in [-0.15, -0.1) is 0 Å². The van der Waals surface area contributed by atoms with Gasteiger partial charge in [0.25, 0.3) is 0 Å². The van der Waals surface area contributed by atoms with Crippen LogP contribution < -0.4 is 0 Å². The minimum absolute atomic E-state index is 0.0148. The predicted molar refractivity (Wildman–Crippen MR) is 62.9 cm³/mol. The fourth-order valence-corrected chi connectivity index (χ4v) is 1.56. The molecule has 0 aromatic heterocycles. The topological polar surface area (TPSA) is 46.5 Å². The van der Waals surface area contributed by atoms with Gasteiger partial charge in [-0.1, -0.05) is 31.5 Å². The lowest BCUT2D eigenvalue weighted by Gasteiger charge is -2.22. The van der Waals surface area contributed by atoms with E-state index in [1.807, 2.05) is 13.8 Å². The minimum Gasteiger partial charge on any atom is -0.465 e. The Labute approximate surface area is 100.0 Å². The highest BCUT2D eigenvalue weighted by atomic mass is 35.5. The normalized spacial score (nSPS) is 11.3. The quantitative estimate of drug-likeness (QED) is 0.828. The Balaban J connectivity index is 3.14. The van der Waals surface area contributed by atoms with Crippen molar-refractivity contribution in [1.29, 1.82) is 0 Å². The Morgan fingerprint density at radius 2 is 2.12 bits per heavy atom. The molecule has 1 rings (SSSR count). The average molecular weight is 243 g/mol. The molecule has 0 saturated carbocycles. The number of rotatable bonds is 3. The van der Waals surface area contributed by atoms with E-state index in [2.05, 4.69) is 4.74 Å². The first-order valence-corrected chi connectivity index (χ1v) is 5.29. The maximum atomic E-state index is 11.3. The van der Waals surface area contributed by atoms with Gasteiger partial charge in [-0.2, -0.15) is 0 Å². The molecule has 0 fully saturated rings. The molecule has 88 valence electrons. The van der Waals surface area contributed by atoms with Gasteiger partial charge in [0, 0.05) is 5.41 Å². The van der Waals surface area contributed by atoms with Crippen molar-refractivity contribution in [1.82, 2.24) is 0 Å². The summed E-state index contributed by atoms with van der Waals surface area (Å²) in [6, 6.07) is 5.07. The van der Waals surface area contributed by atoms with E-state index in [9.17, 15) is 9.90 Å². The number of benzene rings is 1. The summed E-state index contributed by atoms with van der Waals surface area (Å²) in [5.74, 6) is -0.460. The number of halogens is 1. The van der Waals surface area contributed by atoms with Gasteiger partial charge in [0.1, 0.15) is 0 Å². The minimum atomic E-state index is -0.460. The molecule has 1 N–H and O–H groups in total. The highest BCUT2D eigenvalue weighted by Crippen LogP contribution is 2.27. The zero-order valence-electron chi connectivity index (χ0n) is 9.58. The van der Waals surface area contributed by atoms with Gasteiger partial charge in [-0.05, 0) is 17.7 Å². The van der Waals surface area contributed by atoms with E-state index < -0.39 is 5.97 Å². The maximum Gasteiger partial charge on any atom is 0.339 e. The monoisotopic (exact) mass is 242 g/mol. The molecular formula is C12H15ClO3. The van der Waals surface area contributed by atoms with Crippen LogP contribution in [0.25, 0.3) is 0 Å². The number of ether oxygens (including phenoxy) is 1. The van der Waals surface area contributed by atoms with Crippen LogP contribution >= 0.6 is 11.6 Å². The molecule has 1 aromatic rings. The summed E-state index contributed by atoms with van der Waals surface area (Å²) < 4.78 is 4.60. The summed E-state index contributed by atoms with van der Waals surface area (Å²) in [4.78, 5) is 11.3. The SMILES string of the molecule is COC(=O)c1ccc(C(C)(C)CO)cc1Cl. The van der Waals surface area contributed by atoms with Crippen molar-refractivity contribution in [3.8, 4) is 0 Å². The second kappa shape index (κ2) is 4.85. The maximum absolute atomic E-state index is 11.3. The summed E-state index contributed by atoms with van der Waals surface area (Å²) in [7, 11) is 1.31. The average Bonchev–Trinajstić information content (AvgIpc) is 2.28. The Morgan fingerprint density at radius 1 is 1.50 bits per heavy atom. The van der Waals surface area contributed by atoms with Gasteiger partial charge in [0.15, 0.2) is 0 Å². The smallest absolute Gasteiger partial charge is 0.339 e. The molecule has 0 spiro atoms. The van der Waals surface area contributed by atoms with E-state index in [0.717, 1.165) is 5.56 Å². The number of aliphatic hydroxyl groups excluding tert-OH is 1. The van der Waals surface area contributed by atoms with Crippen LogP contribution in [-0.2, 0) is 10.2 Å². The number of hydrogen-bond acceptors (Lipinski definition) is 3. The lowest BCUT2D eigenvalue weighted by molar-refractivity contribution is 0.0601. The number of carbonyl (C=O) groups is 1. The Hall–Kier alpha value is -1.06. The Kier molecular flexibility index (Phi) is 3.94. The third kappa shape index (κ3) is 2.54. The first-order valence-electron chi connectivity index (χ1n) is 4.91. The van der Waals surface area contributed by atoms with E-state index in [-0.39, 0.29) is 12.0 Å². The van der Waals surface area contributed by atoms with E-state index in [4.69, 9.17) is 11.6 Å². The van der Waals surface area contributed by atoms with Crippen molar-refractivity contribution in [3.63, 3.8) is 0 Å². The highest BCUT2D eigenvalue weighted by molar-refractivity contribution is 6.33. The molecular weight excluding hydrogens is 228 g/mol. The van der Waals surface area contributed by atoms with Gasteiger partial charge in [0.2, 0.25) is 0 Å². The molecule has 0 heterocycles. The van der Waals surface area contributed by atoms with Gasteiger partial charge < -0.3 is 9.84 Å². The molecule has 1 aromatic carbocycles. The number of carbonyl (C=O) groups excluding carboxylic acids is 1. The molecule has 3 nitrogen and oxygen atoms in total. The number of aliphatic hydroxyl groups is 1. The molecule has 0 aliphatic carbocycles. The molecule has 0 aliphatic heterocycles. The summed E-state index contributed by atoms with van der Waals surface area (Å²) >= 11 is 5.98. The second-order valence-corrected chi connectivity index (χ2v) is 4.64. The molecule has 0 aliphatic rings. The molecule has 16 heavy (non-hydrogen) atoms. The standard InChI is InChI=1S/C12H15ClO3/c1-12(2,7-14)8-4-5-9(10(13)6-8)11(15)16-3/h4-6,14H,7H2,1-3H3. The van der Waals surface area contributed by atoms with Gasteiger partial charge in [0.05, 0.1) is 24.3 Å². The summed E-state index contributed by atoms with van der Waals surface area (Å²) in [5.41, 5.74) is 0.840. The fourth-order valence-electron chi connectivity index (χ4n) is 1.30. The van der Waals surface area contributed by atoms with Gasteiger partial charge >= 0.3 is 5.97 Å². The van der Waals surface area contributed by atoms with Crippen LogP contribution in [0.2, 0.25) is 5.02 Å². The fraction of sp³-hybridized carbons (Fsp3) is 0.417. The first-order chi connectivity index (χ1) is 7.42. The molecule has 4 heteroatoms. The lowest BCUT2D eigenvalue weighted by Crippen LogP contribution is -2.22. The third-order valence-corrected chi connectivity index (χ3v) is 2.86. The predicted octanol–water partition coefficient (Wildman–Crippen LogP) is 2.40. The van der Waals surface area contributed by atoms with Crippen LogP contribution in [0.4, 0.5) is 0 Å². The molecule has 0 amide bonds.